The standard InChI is InChI=1S/C10H22N2O2/c1-8(2)12(5-6-13)10(14)9(3)7-11-4/h8-9,11,13H,5-7H2,1-4H3. The molecule has 84 valence electrons. The Labute approximate surface area is 86.3 Å². The van der Waals surface area contributed by atoms with E-state index >= 15 is 0 Å². The number of rotatable bonds is 6. The quantitative estimate of drug-likeness (QED) is 0.641. The molecule has 0 saturated carbocycles. The fraction of sp³-hybridized carbons (Fsp3) is 0.900. The SMILES string of the molecule is CNCC(C)C(=O)N(CCO)C(C)C. The number of aliphatic hydroxyl groups is 1. The molecule has 0 rings (SSSR count). The highest BCUT2D eigenvalue weighted by atomic mass is 16.3. The van der Waals surface area contributed by atoms with Gasteiger partial charge in [-0.15, -0.1) is 0 Å². The van der Waals surface area contributed by atoms with Crippen LogP contribution in [0.15, 0.2) is 0 Å². The van der Waals surface area contributed by atoms with Crippen molar-refractivity contribution in [2.45, 2.75) is 26.8 Å². The average Bonchev–Trinajstić information content (AvgIpc) is 2.13. The van der Waals surface area contributed by atoms with Crippen molar-refractivity contribution in [2.75, 3.05) is 26.7 Å². The lowest BCUT2D eigenvalue weighted by Gasteiger charge is -2.28. The molecule has 0 aromatic heterocycles. The molecule has 0 saturated heterocycles. The van der Waals surface area contributed by atoms with Crippen LogP contribution in [0.3, 0.4) is 0 Å². The molecule has 0 spiro atoms. The summed E-state index contributed by atoms with van der Waals surface area (Å²) in [6.45, 7) is 6.93. The van der Waals surface area contributed by atoms with Crippen LogP contribution < -0.4 is 5.32 Å². The van der Waals surface area contributed by atoms with Gasteiger partial charge in [0.2, 0.25) is 5.91 Å². The van der Waals surface area contributed by atoms with Crippen LogP contribution >= 0.6 is 0 Å². The van der Waals surface area contributed by atoms with Gasteiger partial charge in [-0.1, -0.05) is 6.92 Å². The first kappa shape index (κ1) is 13.4. The Morgan fingerprint density at radius 1 is 1.43 bits per heavy atom. The summed E-state index contributed by atoms with van der Waals surface area (Å²) in [6, 6.07) is 0.147. The summed E-state index contributed by atoms with van der Waals surface area (Å²) in [7, 11) is 1.83. The summed E-state index contributed by atoms with van der Waals surface area (Å²) in [5.74, 6) is 0.0670. The third-order valence-corrected chi connectivity index (χ3v) is 2.18. The lowest BCUT2D eigenvalue weighted by atomic mass is 10.1. The smallest absolute Gasteiger partial charge is 0.226 e. The summed E-state index contributed by atoms with van der Waals surface area (Å²) in [5.41, 5.74) is 0. The van der Waals surface area contributed by atoms with Crippen molar-refractivity contribution in [3.05, 3.63) is 0 Å². The molecule has 4 nitrogen and oxygen atoms in total. The third-order valence-electron chi connectivity index (χ3n) is 2.18. The Morgan fingerprint density at radius 2 is 2.00 bits per heavy atom. The maximum absolute atomic E-state index is 11.8. The molecule has 1 unspecified atom stereocenters. The summed E-state index contributed by atoms with van der Waals surface area (Å²) in [6.07, 6.45) is 0. The number of aliphatic hydroxyl groups excluding tert-OH is 1. The largest absolute Gasteiger partial charge is 0.395 e. The first-order valence-corrected chi connectivity index (χ1v) is 5.10. The molecule has 0 radical (unpaired) electrons. The number of carbonyl (C=O) groups is 1. The maximum atomic E-state index is 11.8. The van der Waals surface area contributed by atoms with E-state index in [2.05, 4.69) is 5.32 Å². The molecule has 0 aromatic rings. The summed E-state index contributed by atoms with van der Waals surface area (Å²) >= 11 is 0. The fourth-order valence-corrected chi connectivity index (χ4v) is 1.41. The molecule has 14 heavy (non-hydrogen) atoms. The van der Waals surface area contributed by atoms with Crippen LogP contribution in [0, 0.1) is 5.92 Å². The minimum absolute atomic E-state index is 0.0240. The monoisotopic (exact) mass is 202 g/mol. The van der Waals surface area contributed by atoms with Gasteiger partial charge in [-0.25, -0.2) is 0 Å². The van der Waals surface area contributed by atoms with E-state index in [0.717, 1.165) is 0 Å². The van der Waals surface area contributed by atoms with Crippen LogP contribution in [0.1, 0.15) is 20.8 Å². The number of hydrogen-bond donors (Lipinski definition) is 2. The molecule has 0 aromatic carbocycles. The summed E-state index contributed by atoms with van der Waals surface area (Å²) in [4.78, 5) is 13.5. The van der Waals surface area contributed by atoms with Gasteiger partial charge in [-0.05, 0) is 20.9 Å². The van der Waals surface area contributed by atoms with Crippen LogP contribution in [-0.4, -0.2) is 48.7 Å². The van der Waals surface area contributed by atoms with Gasteiger partial charge in [0.15, 0.2) is 0 Å². The molecule has 0 fully saturated rings. The van der Waals surface area contributed by atoms with E-state index in [1.165, 1.54) is 0 Å². The molecular weight excluding hydrogens is 180 g/mol. The number of nitrogens with one attached hydrogen (secondary N) is 1. The van der Waals surface area contributed by atoms with Gasteiger partial charge in [0.05, 0.1) is 6.61 Å². The Balaban J connectivity index is 4.27. The lowest BCUT2D eigenvalue weighted by Crippen LogP contribution is -2.44. The zero-order chi connectivity index (χ0) is 11.1. The molecule has 4 heteroatoms. The summed E-state index contributed by atoms with van der Waals surface area (Å²) in [5, 5.41) is 11.8. The minimum atomic E-state index is -0.0334. The van der Waals surface area contributed by atoms with Gasteiger partial charge in [0.1, 0.15) is 0 Å². The van der Waals surface area contributed by atoms with E-state index < -0.39 is 0 Å². The van der Waals surface area contributed by atoms with E-state index in [1.54, 1.807) is 4.90 Å². The highest BCUT2D eigenvalue weighted by molar-refractivity contribution is 5.79. The van der Waals surface area contributed by atoms with Crippen molar-refractivity contribution in [2.24, 2.45) is 5.92 Å². The van der Waals surface area contributed by atoms with Gasteiger partial charge in [-0.3, -0.25) is 4.79 Å². The van der Waals surface area contributed by atoms with Crippen molar-refractivity contribution in [3.63, 3.8) is 0 Å². The zero-order valence-electron chi connectivity index (χ0n) is 9.58. The highest BCUT2D eigenvalue weighted by Crippen LogP contribution is 2.05. The Bertz CT molecular complexity index is 172. The molecule has 1 amide bonds. The van der Waals surface area contributed by atoms with Crippen LogP contribution in [0.4, 0.5) is 0 Å². The zero-order valence-corrected chi connectivity index (χ0v) is 9.58. The predicted molar refractivity (Wildman–Crippen MR) is 57.0 cm³/mol. The highest BCUT2D eigenvalue weighted by Gasteiger charge is 2.21. The van der Waals surface area contributed by atoms with Gasteiger partial charge < -0.3 is 15.3 Å². The molecule has 0 aliphatic rings. The van der Waals surface area contributed by atoms with E-state index in [0.29, 0.717) is 13.1 Å². The Kier molecular flexibility index (Phi) is 6.49. The molecule has 1 atom stereocenters. The maximum Gasteiger partial charge on any atom is 0.226 e. The first-order valence-electron chi connectivity index (χ1n) is 5.10. The van der Waals surface area contributed by atoms with E-state index in [-0.39, 0.29) is 24.5 Å². The van der Waals surface area contributed by atoms with Crippen LogP contribution in [0.2, 0.25) is 0 Å². The third kappa shape index (κ3) is 4.07. The number of carbonyl (C=O) groups excluding carboxylic acids is 1. The van der Waals surface area contributed by atoms with Crippen LogP contribution in [-0.2, 0) is 4.79 Å². The molecule has 0 heterocycles. The Hall–Kier alpha value is -0.610. The molecule has 2 N–H and O–H groups in total. The molecule has 0 aliphatic carbocycles. The van der Waals surface area contributed by atoms with Crippen molar-refractivity contribution >= 4 is 5.91 Å². The Morgan fingerprint density at radius 3 is 2.36 bits per heavy atom. The fourth-order valence-electron chi connectivity index (χ4n) is 1.41. The van der Waals surface area contributed by atoms with Crippen molar-refractivity contribution in [1.82, 2.24) is 10.2 Å². The number of hydrogen-bond acceptors (Lipinski definition) is 3. The van der Waals surface area contributed by atoms with E-state index in [1.807, 2.05) is 27.8 Å². The van der Waals surface area contributed by atoms with Crippen molar-refractivity contribution in [3.8, 4) is 0 Å². The first-order chi connectivity index (χ1) is 6.54. The van der Waals surface area contributed by atoms with E-state index in [9.17, 15) is 4.79 Å². The van der Waals surface area contributed by atoms with Gasteiger partial charge in [0.25, 0.3) is 0 Å². The summed E-state index contributed by atoms with van der Waals surface area (Å²) < 4.78 is 0. The van der Waals surface area contributed by atoms with Crippen molar-refractivity contribution in [1.29, 1.82) is 0 Å². The normalized spacial score (nSPS) is 13.0. The molecule has 0 aliphatic heterocycles. The number of amides is 1. The molecule has 0 bridgehead atoms. The lowest BCUT2D eigenvalue weighted by molar-refractivity contribution is -0.137. The van der Waals surface area contributed by atoms with Gasteiger partial charge in [-0.2, -0.15) is 0 Å². The second-order valence-corrected chi connectivity index (χ2v) is 3.81. The van der Waals surface area contributed by atoms with Gasteiger partial charge >= 0.3 is 0 Å². The predicted octanol–water partition coefficient (Wildman–Crippen LogP) is 0.0712. The minimum Gasteiger partial charge on any atom is -0.395 e. The second-order valence-electron chi connectivity index (χ2n) is 3.81. The topological polar surface area (TPSA) is 52.6 Å². The van der Waals surface area contributed by atoms with E-state index in [4.69, 9.17) is 5.11 Å². The van der Waals surface area contributed by atoms with Crippen LogP contribution in [0.25, 0.3) is 0 Å². The van der Waals surface area contributed by atoms with Gasteiger partial charge in [0, 0.05) is 25.0 Å². The van der Waals surface area contributed by atoms with Crippen molar-refractivity contribution < 1.29 is 9.90 Å². The van der Waals surface area contributed by atoms with Crippen LogP contribution in [0.5, 0.6) is 0 Å². The molecular formula is C10H22N2O2. The average molecular weight is 202 g/mol. The second kappa shape index (κ2) is 6.79. The number of nitrogens with zero attached hydrogens (tertiary/aromatic N) is 1.